The smallest absolute Gasteiger partial charge is 0.258 e. The number of benzene rings is 2. The van der Waals surface area contributed by atoms with Gasteiger partial charge in [-0.25, -0.2) is 9.37 Å². The summed E-state index contributed by atoms with van der Waals surface area (Å²) in [5.74, 6) is -0.797. The molecule has 0 aliphatic rings. The van der Waals surface area contributed by atoms with Gasteiger partial charge in [0.05, 0.1) is 12.4 Å². The van der Waals surface area contributed by atoms with Gasteiger partial charge in [-0.3, -0.25) is 4.79 Å². The highest BCUT2D eigenvalue weighted by Crippen LogP contribution is 2.21. The maximum Gasteiger partial charge on any atom is 0.258 e. The van der Waals surface area contributed by atoms with Crippen LogP contribution in [0.25, 0.3) is 5.69 Å². The zero-order chi connectivity index (χ0) is 18.5. The van der Waals surface area contributed by atoms with Crippen LogP contribution in [0.15, 0.2) is 65.7 Å². The summed E-state index contributed by atoms with van der Waals surface area (Å²) in [7, 11) is 0. The predicted octanol–water partition coefficient (Wildman–Crippen LogP) is 4.03. The Balaban J connectivity index is 1.55. The van der Waals surface area contributed by atoms with Crippen LogP contribution in [0.1, 0.15) is 18.5 Å². The average molecular weight is 418 g/mol. The first kappa shape index (κ1) is 18.1. The van der Waals surface area contributed by atoms with Gasteiger partial charge in [0.25, 0.3) is 5.91 Å². The molecule has 1 amide bonds. The number of rotatable bonds is 6. The molecule has 3 rings (SSSR count). The van der Waals surface area contributed by atoms with Crippen LogP contribution >= 0.6 is 15.9 Å². The van der Waals surface area contributed by atoms with Crippen molar-refractivity contribution in [2.45, 2.75) is 13.0 Å². The Labute approximate surface area is 159 Å². The summed E-state index contributed by atoms with van der Waals surface area (Å²) in [6.07, 6.45) is 5.29. The number of aromatic nitrogens is 2. The first-order chi connectivity index (χ1) is 12.5. The molecule has 0 aliphatic heterocycles. The van der Waals surface area contributed by atoms with Crippen LogP contribution in [0.2, 0.25) is 0 Å². The molecule has 134 valence electrons. The zero-order valence-corrected chi connectivity index (χ0v) is 15.6. The molecular weight excluding hydrogens is 401 g/mol. The Morgan fingerprint density at radius 1 is 1.31 bits per heavy atom. The van der Waals surface area contributed by atoms with Crippen molar-refractivity contribution in [1.29, 1.82) is 0 Å². The lowest BCUT2D eigenvalue weighted by Crippen LogP contribution is -2.31. The minimum atomic E-state index is -0.518. The number of carbonyl (C=O) groups is 1. The molecule has 0 aliphatic carbocycles. The zero-order valence-electron chi connectivity index (χ0n) is 14.0. The quantitative estimate of drug-likeness (QED) is 0.658. The summed E-state index contributed by atoms with van der Waals surface area (Å²) < 4.78 is 21.4. The van der Waals surface area contributed by atoms with Gasteiger partial charge in [-0.05, 0) is 42.8 Å². The van der Waals surface area contributed by atoms with Gasteiger partial charge in [-0.15, -0.1) is 0 Å². The maximum atomic E-state index is 13.7. The molecule has 0 spiro atoms. The number of carbonyl (C=O) groups excluding carboxylic acids is 1. The Morgan fingerprint density at radius 3 is 2.73 bits per heavy atom. The fourth-order valence-corrected chi connectivity index (χ4v) is 2.78. The highest BCUT2D eigenvalue weighted by atomic mass is 79.9. The second-order valence-corrected chi connectivity index (χ2v) is 6.63. The first-order valence-electron chi connectivity index (χ1n) is 7.98. The lowest BCUT2D eigenvalue weighted by atomic mass is 10.1. The highest BCUT2D eigenvalue weighted by Gasteiger charge is 2.12. The normalized spacial score (nSPS) is 11.8. The molecule has 7 heteroatoms. The van der Waals surface area contributed by atoms with Crippen LogP contribution in [0, 0.1) is 5.82 Å². The van der Waals surface area contributed by atoms with Crippen molar-refractivity contribution in [3.8, 4) is 11.4 Å². The fraction of sp³-hybridized carbons (Fsp3) is 0.158. The molecule has 1 N–H and O–H groups in total. The number of nitrogens with zero attached hydrogens (tertiary/aromatic N) is 2. The number of nitrogens with one attached hydrogen (secondary N) is 1. The molecule has 0 bridgehead atoms. The fourth-order valence-electron chi connectivity index (χ4n) is 2.45. The molecule has 0 radical (unpaired) electrons. The van der Waals surface area contributed by atoms with Gasteiger partial charge in [0.1, 0.15) is 0 Å². The molecule has 0 unspecified atom stereocenters. The van der Waals surface area contributed by atoms with E-state index in [1.807, 2.05) is 42.0 Å². The lowest BCUT2D eigenvalue weighted by Gasteiger charge is -2.15. The molecular formula is C19H17BrFN3O2. The molecule has 26 heavy (non-hydrogen) atoms. The predicted molar refractivity (Wildman–Crippen MR) is 99.7 cm³/mol. The van der Waals surface area contributed by atoms with E-state index < -0.39 is 5.82 Å². The molecule has 1 heterocycles. The van der Waals surface area contributed by atoms with Crippen LogP contribution in [-0.2, 0) is 4.79 Å². The SMILES string of the molecule is C[C@@H](NC(=O)COc1ccc(Br)cc1F)c1ccc(-n2ccnc2)cc1. The van der Waals surface area contributed by atoms with E-state index in [0.29, 0.717) is 4.47 Å². The van der Waals surface area contributed by atoms with E-state index in [9.17, 15) is 9.18 Å². The number of amides is 1. The standard InChI is InChI=1S/C19H17BrFN3O2/c1-13(14-2-5-16(6-3-14)24-9-8-22-12-24)23-19(25)11-26-18-7-4-15(20)10-17(18)21/h2-10,12-13H,11H2,1H3,(H,23,25)/t13-/m1/s1. The number of ether oxygens (including phenoxy) is 1. The van der Waals surface area contributed by atoms with E-state index in [2.05, 4.69) is 26.2 Å². The summed E-state index contributed by atoms with van der Waals surface area (Å²) in [4.78, 5) is 16.1. The molecule has 1 atom stereocenters. The molecule has 5 nitrogen and oxygen atoms in total. The van der Waals surface area contributed by atoms with E-state index in [-0.39, 0.29) is 24.3 Å². The molecule has 1 aromatic heterocycles. The van der Waals surface area contributed by atoms with E-state index in [4.69, 9.17) is 4.74 Å². The van der Waals surface area contributed by atoms with Gasteiger partial charge >= 0.3 is 0 Å². The van der Waals surface area contributed by atoms with Gasteiger partial charge in [-0.1, -0.05) is 28.1 Å². The van der Waals surface area contributed by atoms with E-state index >= 15 is 0 Å². The summed E-state index contributed by atoms with van der Waals surface area (Å²) in [5.41, 5.74) is 1.94. The summed E-state index contributed by atoms with van der Waals surface area (Å²) >= 11 is 3.17. The topological polar surface area (TPSA) is 56.1 Å². The summed E-state index contributed by atoms with van der Waals surface area (Å²) in [6.45, 7) is 1.63. The van der Waals surface area contributed by atoms with Gasteiger partial charge in [0.2, 0.25) is 0 Å². The van der Waals surface area contributed by atoms with Crippen molar-refractivity contribution in [2.24, 2.45) is 0 Å². The molecule has 3 aromatic rings. The Morgan fingerprint density at radius 2 is 2.08 bits per heavy atom. The molecule has 0 fully saturated rings. The van der Waals surface area contributed by atoms with Crippen molar-refractivity contribution in [1.82, 2.24) is 14.9 Å². The number of hydrogen-bond donors (Lipinski definition) is 1. The summed E-state index contributed by atoms with van der Waals surface area (Å²) in [6, 6.07) is 12.0. The minimum absolute atomic E-state index is 0.0423. The van der Waals surface area contributed by atoms with Gasteiger partial charge < -0.3 is 14.6 Å². The Kier molecular flexibility index (Phi) is 5.68. The van der Waals surface area contributed by atoms with Gasteiger partial charge in [-0.2, -0.15) is 0 Å². The van der Waals surface area contributed by atoms with Crippen molar-refractivity contribution in [2.75, 3.05) is 6.61 Å². The Hall–Kier alpha value is -2.67. The number of imidazole rings is 1. The van der Waals surface area contributed by atoms with Crippen LogP contribution in [0.3, 0.4) is 0 Å². The van der Waals surface area contributed by atoms with Crippen LogP contribution in [0.5, 0.6) is 5.75 Å². The molecule has 0 saturated heterocycles. The third-order valence-corrected chi connectivity index (χ3v) is 4.32. The minimum Gasteiger partial charge on any atom is -0.481 e. The Bertz CT molecular complexity index is 882. The third kappa shape index (κ3) is 4.49. The van der Waals surface area contributed by atoms with Crippen LogP contribution < -0.4 is 10.1 Å². The number of halogens is 2. The van der Waals surface area contributed by atoms with Crippen LogP contribution in [0.4, 0.5) is 4.39 Å². The first-order valence-corrected chi connectivity index (χ1v) is 8.78. The van der Waals surface area contributed by atoms with Crippen molar-refractivity contribution in [3.05, 3.63) is 77.0 Å². The van der Waals surface area contributed by atoms with Gasteiger partial charge in [0.15, 0.2) is 18.2 Å². The van der Waals surface area contributed by atoms with Crippen molar-refractivity contribution < 1.29 is 13.9 Å². The second-order valence-electron chi connectivity index (χ2n) is 5.71. The number of hydrogen-bond acceptors (Lipinski definition) is 3. The molecule has 2 aromatic carbocycles. The maximum absolute atomic E-state index is 13.7. The largest absolute Gasteiger partial charge is 0.481 e. The second kappa shape index (κ2) is 8.14. The van der Waals surface area contributed by atoms with Crippen molar-refractivity contribution in [3.63, 3.8) is 0 Å². The third-order valence-electron chi connectivity index (χ3n) is 3.83. The van der Waals surface area contributed by atoms with Gasteiger partial charge in [0, 0.05) is 22.6 Å². The monoisotopic (exact) mass is 417 g/mol. The lowest BCUT2D eigenvalue weighted by molar-refractivity contribution is -0.123. The summed E-state index contributed by atoms with van der Waals surface area (Å²) in [5, 5.41) is 2.84. The average Bonchev–Trinajstić information content (AvgIpc) is 3.16. The van der Waals surface area contributed by atoms with Crippen LogP contribution in [-0.4, -0.2) is 22.1 Å². The van der Waals surface area contributed by atoms with E-state index in [1.54, 1.807) is 18.6 Å². The molecule has 0 saturated carbocycles. The van der Waals surface area contributed by atoms with Crippen molar-refractivity contribution >= 4 is 21.8 Å². The van der Waals surface area contributed by atoms with E-state index in [1.165, 1.54) is 12.1 Å². The van der Waals surface area contributed by atoms with E-state index in [0.717, 1.165) is 11.3 Å². The highest BCUT2D eigenvalue weighted by molar-refractivity contribution is 9.10.